The number of fused-ring (bicyclic) bond motifs is 1. The van der Waals surface area contributed by atoms with Gasteiger partial charge in [-0.05, 0) is 18.2 Å². The first-order valence-electron chi connectivity index (χ1n) is 5.72. The van der Waals surface area contributed by atoms with Crippen molar-refractivity contribution in [1.82, 2.24) is 4.98 Å². The second-order valence-corrected chi connectivity index (χ2v) is 5.90. The van der Waals surface area contributed by atoms with Gasteiger partial charge < -0.3 is 4.90 Å². The number of aromatic nitrogens is 1. The molecule has 1 aromatic carbocycles. The van der Waals surface area contributed by atoms with Gasteiger partial charge in [0.05, 0.1) is 10.2 Å². The predicted octanol–water partition coefficient (Wildman–Crippen LogP) is 4.19. The lowest BCUT2D eigenvalue weighted by molar-refractivity contribution is -0.0220. The fourth-order valence-electron chi connectivity index (χ4n) is 2.05. The molecular formula is C12H11ClF2N2S. The fourth-order valence-corrected chi connectivity index (χ4v) is 3.34. The molecule has 0 amide bonds. The Labute approximate surface area is 112 Å². The SMILES string of the molecule is FC1(F)CCN(c2nc3ccc(Cl)cc3s2)CC1. The molecule has 0 unspecified atom stereocenters. The molecule has 2 nitrogen and oxygen atoms in total. The Morgan fingerprint density at radius 2 is 2.00 bits per heavy atom. The molecule has 0 bridgehead atoms. The topological polar surface area (TPSA) is 16.1 Å². The van der Waals surface area contributed by atoms with Gasteiger partial charge in [-0.3, -0.25) is 0 Å². The van der Waals surface area contributed by atoms with Crippen LogP contribution in [-0.4, -0.2) is 24.0 Å². The standard InChI is InChI=1S/C12H11ClF2N2S/c13-8-1-2-9-10(7-8)18-11(16-9)17-5-3-12(14,15)4-6-17/h1-2,7H,3-6H2. The van der Waals surface area contributed by atoms with Gasteiger partial charge in [0, 0.05) is 31.0 Å². The molecular weight excluding hydrogens is 278 g/mol. The van der Waals surface area contributed by atoms with Crippen molar-refractivity contribution in [3.05, 3.63) is 23.2 Å². The van der Waals surface area contributed by atoms with E-state index in [-0.39, 0.29) is 12.8 Å². The molecule has 0 aliphatic carbocycles. The van der Waals surface area contributed by atoms with Crippen molar-refractivity contribution in [2.45, 2.75) is 18.8 Å². The van der Waals surface area contributed by atoms with Crippen LogP contribution in [0.25, 0.3) is 10.2 Å². The van der Waals surface area contributed by atoms with Crippen LogP contribution in [0.4, 0.5) is 13.9 Å². The van der Waals surface area contributed by atoms with Crippen molar-refractivity contribution in [2.75, 3.05) is 18.0 Å². The number of benzene rings is 1. The van der Waals surface area contributed by atoms with E-state index in [1.54, 1.807) is 6.07 Å². The smallest absolute Gasteiger partial charge is 0.251 e. The van der Waals surface area contributed by atoms with Crippen molar-refractivity contribution in [2.24, 2.45) is 0 Å². The first-order valence-corrected chi connectivity index (χ1v) is 6.92. The molecule has 0 atom stereocenters. The third-order valence-electron chi connectivity index (χ3n) is 3.10. The molecule has 3 rings (SSSR count). The number of hydrogen-bond donors (Lipinski definition) is 0. The molecule has 1 aromatic heterocycles. The molecule has 2 heterocycles. The number of halogens is 3. The van der Waals surface area contributed by atoms with Crippen LogP contribution < -0.4 is 4.90 Å². The summed E-state index contributed by atoms with van der Waals surface area (Å²) in [5.74, 6) is -2.52. The number of rotatable bonds is 1. The highest BCUT2D eigenvalue weighted by Gasteiger charge is 2.34. The van der Waals surface area contributed by atoms with Gasteiger partial charge in [0.25, 0.3) is 5.92 Å². The summed E-state index contributed by atoms with van der Waals surface area (Å²) in [6, 6.07) is 5.50. The van der Waals surface area contributed by atoms with Crippen LogP contribution in [0.2, 0.25) is 5.02 Å². The highest BCUT2D eigenvalue weighted by atomic mass is 35.5. The monoisotopic (exact) mass is 288 g/mol. The van der Waals surface area contributed by atoms with Gasteiger partial charge in [-0.1, -0.05) is 22.9 Å². The van der Waals surface area contributed by atoms with Crippen LogP contribution in [0.15, 0.2) is 18.2 Å². The maximum Gasteiger partial charge on any atom is 0.251 e. The molecule has 18 heavy (non-hydrogen) atoms. The van der Waals surface area contributed by atoms with E-state index < -0.39 is 5.92 Å². The lowest BCUT2D eigenvalue weighted by Crippen LogP contribution is -2.39. The zero-order chi connectivity index (χ0) is 12.8. The number of hydrogen-bond acceptors (Lipinski definition) is 3. The highest BCUT2D eigenvalue weighted by Crippen LogP contribution is 2.35. The first kappa shape index (κ1) is 12.1. The van der Waals surface area contributed by atoms with Crippen LogP contribution in [0.5, 0.6) is 0 Å². The average molecular weight is 289 g/mol. The fraction of sp³-hybridized carbons (Fsp3) is 0.417. The molecule has 0 spiro atoms. The first-order chi connectivity index (χ1) is 8.53. The molecule has 1 saturated heterocycles. The summed E-state index contributed by atoms with van der Waals surface area (Å²) in [6.07, 6.45) is -0.187. The molecule has 96 valence electrons. The minimum Gasteiger partial charge on any atom is -0.348 e. The molecule has 0 radical (unpaired) electrons. The normalized spacial score (nSPS) is 19.4. The van der Waals surface area contributed by atoms with E-state index in [0.29, 0.717) is 18.1 Å². The summed E-state index contributed by atoms with van der Waals surface area (Å²) in [7, 11) is 0. The van der Waals surface area contributed by atoms with Crippen LogP contribution in [0.3, 0.4) is 0 Å². The van der Waals surface area contributed by atoms with Gasteiger partial charge in [-0.25, -0.2) is 13.8 Å². The molecule has 0 N–H and O–H groups in total. The maximum atomic E-state index is 13.1. The predicted molar refractivity (Wildman–Crippen MR) is 71.0 cm³/mol. The minimum absolute atomic E-state index is 0.0936. The van der Waals surface area contributed by atoms with Crippen LogP contribution in [0.1, 0.15) is 12.8 Å². The Morgan fingerprint density at radius 3 is 2.72 bits per heavy atom. The molecule has 2 aromatic rings. The van der Waals surface area contributed by atoms with Crippen LogP contribution in [-0.2, 0) is 0 Å². The average Bonchev–Trinajstić information content (AvgIpc) is 2.71. The van der Waals surface area contributed by atoms with E-state index >= 15 is 0 Å². The molecule has 1 aliphatic heterocycles. The summed E-state index contributed by atoms with van der Waals surface area (Å²) in [5, 5.41) is 1.48. The van der Waals surface area contributed by atoms with Crippen molar-refractivity contribution in [1.29, 1.82) is 0 Å². The molecule has 0 saturated carbocycles. The Balaban J connectivity index is 1.87. The zero-order valence-corrected chi connectivity index (χ0v) is 11.1. The van der Waals surface area contributed by atoms with E-state index in [0.717, 1.165) is 15.3 Å². The summed E-state index contributed by atoms with van der Waals surface area (Å²) < 4.78 is 27.2. The summed E-state index contributed by atoms with van der Waals surface area (Å²) in [4.78, 5) is 6.39. The molecule has 6 heteroatoms. The second kappa shape index (κ2) is 4.31. The van der Waals surface area contributed by atoms with E-state index in [1.165, 1.54) is 11.3 Å². The van der Waals surface area contributed by atoms with Crippen molar-refractivity contribution in [3.8, 4) is 0 Å². The van der Waals surface area contributed by atoms with Gasteiger partial charge in [0.1, 0.15) is 0 Å². The zero-order valence-electron chi connectivity index (χ0n) is 9.50. The number of alkyl halides is 2. The largest absolute Gasteiger partial charge is 0.348 e. The van der Waals surface area contributed by atoms with E-state index in [4.69, 9.17) is 11.6 Å². The highest BCUT2D eigenvalue weighted by molar-refractivity contribution is 7.22. The summed E-state index contributed by atoms with van der Waals surface area (Å²) in [6.45, 7) is 0.723. The summed E-state index contributed by atoms with van der Waals surface area (Å²) >= 11 is 7.42. The van der Waals surface area contributed by atoms with Crippen molar-refractivity contribution in [3.63, 3.8) is 0 Å². The summed E-state index contributed by atoms with van der Waals surface area (Å²) in [5.41, 5.74) is 0.872. The van der Waals surface area contributed by atoms with Crippen molar-refractivity contribution < 1.29 is 8.78 Å². The van der Waals surface area contributed by atoms with Gasteiger partial charge in [0.2, 0.25) is 0 Å². The minimum atomic E-state index is -2.52. The van der Waals surface area contributed by atoms with Crippen LogP contribution in [0, 0.1) is 0 Å². The number of anilines is 1. The molecule has 1 aliphatic rings. The van der Waals surface area contributed by atoms with Gasteiger partial charge in [-0.2, -0.15) is 0 Å². The van der Waals surface area contributed by atoms with Gasteiger partial charge >= 0.3 is 0 Å². The Morgan fingerprint density at radius 1 is 1.28 bits per heavy atom. The lowest BCUT2D eigenvalue weighted by Gasteiger charge is -2.31. The van der Waals surface area contributed by atoms with Crippen molar-refractivity contribution >= 4 is 38.3 Å². The van der Waals surface area contributed by atoms with Gasteiger partial charge in [0.15, 0.2) is 5.13 Å². The number of piperidine rings is 1. The quantitative estimate of drug-likeness (QED) is 0.782. The third kappa shape index (κ3) is 2.29. The number of thiazole rings is 1. The van der Waals surface area contributed by atoms with E-state index in [9.17, 15) is 8.78 Å². The molecule has 1 fully saturated rings. The van der Waals surface area contributed by atoms with E-state index in [2.05, 4.69) is 4.98 Å². The third-order valence-corrected chi connectivity index (χ3v) is 4.42. The second-order valence-electron chi connectivity index (χ2n) is 4.45. The number of nitrogens with zero attached hydrogens (tertiary/aromatic N) is 2. The van der Waals surface area contributed by atoms with Gasteiger partial charge in [-0.15, -0.1) is 0 Å². The Kier molecular flexibility index (Phi) is 2.90. The maximum absolute atomic E-state index is 13.1. The Hall–Kier alpha value is -0.940. The lowest BCUT2D eigenvalue weighted by atomic mass is 10.1. The van der Waals surface area contributed by atoms with Crippen LogP contribution >= 0.6 is 22.9 Å². The Bertz CT molecular complexity index is 574. The van der Waals surface area contributed by atoms with E-state index in [1.807, 2.05) is 17.0 Å².